The summed E-state index contributed by atoms with van der Waals surface area (Å²) in [6, 6.07) is 7.10. The van der Waals surface area contributed by atoms with Crippen molar-refractivity contribution in [3.63, 3.8) is 0 Å². The highest BCUT2D eigenvalue weighted by molar-refractivity contribution is 9.10. The van der Waals surface area contributed by atoms with Gasteiger partial charge in [-0.15, -0.1) is 0 Å². The van der Waals surface area contributed by atoms with Crippen LogP contribution in [-0.4, -0.2) is 9.97 Å². The molecule has 2 heterocycles. The summed E-state index contributed by atoms with van der Waals surface area (Å²) >= 11 is 14.2. The molecule has 0 fully saturated rings. The molecule has 0 amide bonds. The van der Waals surface area contributed by atoms with E-state index in [2.05, 4.69) is 25.9 Å². The van der Waals surface area contributed by atoms with E-state index >= 15 is 0 Å². The number of hydrogen-bond donors (Lipinski definition) is 1. The smallest absolute Gasteiger partial charge is 0.151 e. The van der Waals surface area contributed by atoms with Crippen molar-refractivity contribution < 1.29 is 0 Å². The lowest BCUT2D eigenvalue weighted by Crippen LogP contribution is -1.85. The van der Waals surface area contributed by atoms with Gasteiger partial charge in [0.25, 0.3) is 0 Å². The Hall–Kier alpha value is -0.840. The Morgan fingerprint density at radius 1 is 1.00 bits per heavy atom. The lowest BCUT2D eigenvalue weighted by molar-refractivity contribution is 1.31. The summed E-state index contributed by atoms with van der Waals surface area (Å²) in [4.78, 5) is 7.52. The first-order valence-corrected chi connectivity index (χ1v) is 5.78. The standard InChI is InChI=1S/C5H3BrClN.C5H5ClN2/c6-4-2-1-3-8-5(4)7;6-5-4(7)2-1-3-8-5/h1-3H;1-3H,7H2. The molecule has 0 aliphatic carbocycles. The molecule has 0 saturated heterocycles. The monoisotopic (exact) mass is 319 g/mol. The maximum atomic E-state index is 5.55. The van der Waals surface area contributed by atoms with Gasteiger partial charge in [0.05, 0.1) is 10.2 Å². The van der Waals surface area contributed by atoms with Crippen LogP contribution >= 0.6 is 39.1 Å². The lowest BCUT2D eigenvalue weighted by Gasteiger charge is -1.90. The maximum absolute atomic E-state index is 5.55. The SMILES string of the molecule is Clc1ncccc1Br.Nc1cccnc1Cl. The van der Waals surface area contributed by atoms with Gasteiger partial charge in [-0.05, 0) is 40.2 Å². The molecule has 0 radical (unpaired) electrons. The third-order valence-corrected chi connectivity index (χ3v) is 2.99. The van der Waals surface area contributed by atoms with E-state index in [9.17, 15) is 0 Å². The van der Waals surface area contributed by atoms with E-state index in [0.717, 1.165) is 4.47 Å². The van der Waals surface area contributed by atoms with Crippen molar-refractivity contribution >= 4 is 44.8 Å². The molecular weight excluding hydrogens is 313 g/mol. The molecule has 0 spiro atoms. The van der Waals surface area contributed by atoms with Crippen LogP contribution in [0.1, 0.15) is 0 Å². The predicted octanol–water partition coefficient (Wildman–Crippen LogP) is 3.81. The molecule has 0 aromatic carbocycles. The molecule has 2 rings (SSSR count). The topological polar surface area (TPSA) is 51.8 Å². The van der Waals surface area contributed by atoms with Crippen LogP contribution in [0.25, 0.3) is 0 Å². The zero-order valence-electron chi connectivity index (χ0n) is 8.07. The minimum Gasteiger partial charge on any atom is -0.396 e. The van der Waals surface area contributed by atoms with E-state index in [0.29, 0.717) is 16.0 Å². The lowest BCUT2D eigenvalue weighted by atomic mass is 10.4. The van der Waals surface area contributed by atoms with Crippen LogP contribution in [0.2, 0.25) is 10.3 Å². The first-order chi connectivity index (χ1) is 7.61. The molecule has 0 bridgehead atoms. The average molecular weight is 321 g/mol. The van der Waals surface area contributed by atoms with Gasteiger partial charge in [-0.1, -0.05) is 23.2 Å². The Morgan fingerprint density at radius 3 is 1.88 bits per heavy atom. The van der Waals surface area contributed by atoms with Gasteiger partial charge in [0, 0.05) is 12.4 Å². The zero-order chi connectivity index (χ0) is 12.0. The van der Waals surface area contributed by atoms with E-state index in [1.807, 2.05) is 12.1 Å². The summed E-state index contributed by atoms with van der Waals surface area (Å²) in [5.74, 6) is 0. The van der Waals surface area contributed by atoms with E-state index in [4.69, 9.17) is 28.9 Å². The van der Waals surface area contributed by atoms with Crippen LogP contribution in [0.5, 0.6) is 0 Å². The van der Waals surface area contributed by atoms with Gasteiger partial charge < -0.3 is 5.73 Å². The number of nitrogen functional groups attached to an aromatic ring is 1. The number of pyridine rings is 2. The van der Waals surface area contributed by atoms with E-state index in [-0.39, 0.29) is 0 Å². The van der Waals surface area contributed by atoms with Crippen molar-refractivity contribution in [2.24, 2.45) is 0 Å². The quantitative estimate of drug-likeness (QED) is 0.751. The van der Waals surface area contributed by atoms with Gasteiger partial charge in [0.1, 0.15) is 5.15 Å². The molecule has 16 heavy (non-hydrogen) atoms. The van der Waals surface area contributed by atoms with Crippen LogP contribution in [0.4, 0.5) is 5.69 Å². The molecule has 0 saturated carbocycles. The molecule has 3 nitrogen and oxygen atoms in total. The van der Waals surface area contributed by atoms with Gasteiger partial charge in [0.2, 0.25) is 0 Å². The largest absolute Gasteiger partial charge is 0.396 e. The Labute approximate surface area is 112 Å². The second-order valence-corrected chi connectivity index (χ2v) is 4.23. The summed E-state index contributed by atoms with van der Waals surface area (Å²) in [7, 11) is 0. The molecule has 6 heteroatoms. The Morgan fingerprint density at radius 2 is 1.56 bits per heavy atom. The molecule has 0 unspecified atom stereocenters. The van der Waals surface area contributed by atoms with Crippen LogP contribution < -0.4 is 5.73 Å². The second kappa shape index (κ2) is 6.68. The maximum Gasteiger partial charge on any atom is 0.151 e. The van der Waals surface area contributed by atoms with Gasteiger partial charge >= 0.3 is 0 Å². The highest BCUT2D eigenvalue weighted by atomic mass is 79.9. The first kappa shape index (κ1) is 13.2. The summed E-state index contributed by atoms with van der Waals surface area (Å²) in [6.45, 7) is 0. The fourth-order valence-corrected chi connectivity index (χ4v) is 1.26. The summed E-state index contributed by atoms with van der Waals surface area (Å²) in [5, 5.41) is 0.875. The third-order valence-electron chi connectivity index (χ3n) is 1.50. The molecule has 84 valence electrons. The van der Waals surface area contributed by atoms with Crippen molar-refractivity contribution in [3.8, 4) is 0 Å². The second-order valence-electron chi connectivity index (χ2n) is 2.66. The van der Waals surface area contributed by atoms with Crippen molar-refractivity contribution in [1.82, 2.24) is 9.97 Å². The normalized spacial score (nSPS) is 9.19. The average Bonchev–Trinajstić information content (AvgIpc) is 2.28. The number of rotatable bonds is 0. The number of anilines is 1. The van der Waals surface area contributed by atoms with Crippen molar-refractivity contribution in [3.05, 3.63) is 51.4 Å². The number of hydrogen-bond acceptors (Lipinski definition) is 3. The van der Waals surface area contributed by atoms with Crippen molar-refractivity contribution in [1.29, 1.82) is 0 Å². The van der Waals surface area contributed by atoms with Crippen LogP contribution in [-0.2, 0) is 0 Å². The zero-order valence-corrected chi connectivity index (χ0v) is 11.2. The van der Waals surface area contributed by atoms with E-state index in [1.54, 1.807) is 24.5 Å². The van der Waals surface area contributed by atoms with Crippen molar-refractivity contribution in [2.75, 3.05) is 5.73 Å². The molecule has 0 atom stereocenters. The Kier molecular flexibility index (Phi) is 5.52. The number of aromatic nitrogens is 2. The van der Waals surface area contributed by atoms with Crippen LogP contribution in [0.15, 0.2) is 41.1 Å². The highest BCUT2D eigenvalue weighted by Crippen LogP contribution is 2.17. The van der Waals surface area contributed by atoms with Crippen molar-refractivity contribution in [2.45, 2.75) is 0 Å². The number of nitrogens with zero attached hydrogens (tertiary/aromatic N) is 2. The summed E-state index contributed by atoms with van der Waals surface area (Å²) in [6.07, 6.45) is 3.24. The highest BCUT2D eigenvalue weighted by Gasteiger charge is 1.90. The molecule has 2 N–H and O–H groups in total. The fourth-order valence-electron chi connectivity index (χ4n) is 0.765. The number of halogens is 3. The minimum atomic E-state index is 0.368. The molecule has 0 aliphatic heterocycles. The van der Waals surface area contributed by atoms with E-state index in [1.165, 1.54) is 0 Å². The minimum absolute atomic E-state index is 0.368. The van der Waals surface area contributed by atoms with Gasteiger partial charge in [-0.2, -0.15) is 0 Å². The number of nitrogens with two attached hydrogens (primary N) is 1. The summed E-state index contributed by atoms with van der Waals surface area (Å²) < 4.78 is 0.835. The Balaban J connectivity index is 0.000000160. The van der Waals surface area contributed by atoms with Crippen LogP contribution in [0.3, 0.4) is 0 Å². The molecular formula is C10H8BrCl2N3. The molecule has 0 aliphatic rings. The predicted molar refractivity (Wildman–Crippen MR) is 70.6 cm³/mol. The first-order valence-electron chi connectivity index (χ1n) is 4.23. The Bertz CT molecular complexity index is 380. The molecule has 2 aromatic heterocycles. The van der Waals surface area contributed by atoms with Gasteiger partial charge in [-0.25, -0.2) is 9.97 Å². The fraction of sp³-hybridized carbons (Fsp3) is 0. The van der Waals surface area contributed by atoms with Gasteiger partial charge in [-0.3, -0.25) is 0 Å². The third kappa shape index (κ3) is 4.35. The van der Waals surface area contributed by atoms with Crippen LogP contribution in [0, 0.1) is 0 Å². The van der Waals surface area contributed by atoms with E-state index < -0.39 is 0 Å². The molecule has 2 aromatic rings. The van der Waals surface area contributed by atoms with Gasteiger partial charge in [0.15, 0.2) is 5.15 Å². The summed E-state index contributed by atoms with van der Waals surface area (Å²) in [5.41, 5.74) is 5.85.